The molecule has 0 amide bonds. The van der Waals surface area contributed by atoms with E-state index in [4.69, 9.17) is 10.5 Å². The Morgan fingerprint density at radius 1 is 1.13 bits per heavy atom. The maximum Gasteiger partial charge on any atom is 0.280 e. The van der Waals surface area contributed by atoms with Crippen molar-refractivity contribution in [3.05, 3.63) is 59.0 Å². The summed E-state index contributed by atoms with van der Waals surface area (Å²) in [6.07, 6.45) is 1.58. The minimum absolute atomic E-state index is 0.142. The van der Waals surface area contributed by atoms with Crippen molar-refractivity contribution in [2.24, 2.45) is 0 Å². The van der Waals surface area contributed by atoms with Gasteiger partial charge in [0, 0.05) is 17.3 Å². The lowest BCUT2D eigenvalue weighted by molar-refractivity contribution is 0.414. The maximum absolute atomic E-state index is 12.6. The minimum atomic E-state index is -0.142. The van der Waals surface area contributed by atoms with E-state index in [1.807, 2.05) is 30.3 Å². The fourth-order valence-corrected chi connectivity index (χ4v) is 2.69. The van der Waals surface area contributed by atoms with Crippen molar-refractivity contribution in [2.45, 2.75) is 0 Å². The smallest absolute Gasteiger partial charge is 0.280 e. The molecule has 6 heteroatoms. The fourth-order valence-electron chi connectivity index (χ4n) is 2.69. The summed E-state index contributed by atoms with van der Waals surface area (Å²) in [7, 11) is 1.60. The van der Waals surface area contributed by atoms with E-state index in [0.29, 0.717) is 11.1 Å². The summed E-state index contributed by atoms with van der Waals surface area (Å²) in [6, 6.07) is 12.7. The standard InChI is InChI=1S/C17H14N4O2/c1-23-12-5-3-11(4-6-12)21-17(22)14-9-19-15-8-10(18)2-7-13(15)16(14)20-21/h2-9,20H,18H2,1H3. The number of nitrogens with two attached hydrogens (primary N) is 1. The number of hydrogen-bond acceptors (Lipinski definition) is 4. The molecule has 0 atom stereocenters. The molecule has 3 N–H and O–H groups in total. The number of nitrogens with zero attached hydrogens (tertiary/aromatic N) is 2. The molecule has 6 nitrogen and oxygen atoms in total. The molecule has 2 heterocycles. The molecule has 0 aliphatic rings. The lowest BCUT2D eigenvalue weighted by Gasteiger charge is -2.03. The highest BCUT2D eigenvalue weighted by Gasteiger charge is 2.12. The molecule has 2 aromatic carbocycles. The van der Waals surface area contributed by atoms with E-state index in [0.717, 1.165) is 27.9 Å². The average molecular weight is 306 g/mol. The molecule has 0 bridgehead atoms. The lowest BCUT2D eigenvalue weighted by Crippen LogP contribution is -2.14. The Labute approximate surface area is 131 Å². The van der Waals surface area contributed by atoms with Crippen LogP contribution in [0, 0.1) is 0 Å². The Bertz CT molecular complexity index is 1080. The Balaban J connectivity index is 1.99. The van der Waals surface area contributed by atoms with Crippen LogP contribution in [0.25, 0.3) is 27.5 Å². The van der Waals surface area contributed by atoms with Gasteiger partial charge in [0.15, 0.2) is 0 Å². The van der Waals surface area contributed by atoms with Gasteiger partial charge in [-0.2, -0.15) is 0 Å². The van der Waals surface area contributed by atoms with Gasteiger partial charge in [-0.25, -0.2) is 4.68 Å². The summed E-state index contributed by atoms with van der Waals surface area (Å²) in [5.74, 6) is 0.737. The Morgan fingerprint density at radius 2 is 1.91 bits per heavy atom. The van der Waals surface area contributed by atoms with Crippen LogP contribution in [0.15, 0.2) is 53.5 Å². The molecule has 0 aliphatic carbocycles. The Hall–Kier alpha value is -3.28. The first-order chi connectivity index (χ1) is 11.2. The molecule has 0 radical (unpaired) electrons. The van der Waals surface area contributed by atoms with Crippen LogP contribution in [0.1, 0.15) is 0 Å². The van der Waals surface area contributed by atoms with Crippen LogP contribution in [0.3, 0.4) is 0 Å². The number of pyridine rings is 1. The van der Waals surface area contributed by atoms with E-state index in [2.05, 4.69) is 10.1 Å². The van der Waals surface area contributed by atoms with Gasteiger partial charge in [0.25, 0.3) is 5.56 Å². The number of nitrogen functional groups attached to an aromatic ring is 1. The zero-order valence-electron chi connectivity index (χ0n) is 12.4. The molecule has 0 saturated carbocycles. The highest BCUT2D eigenvalue weighted by Crippen LogP contribution is 2.23. The van der Waals surface area contributed by atoms with Crippen molar-refractivity contribution in [2.75, 3.05) is 12.8 Å². The van der Waals surface area contributed by atoms with Gasteiger partial charge in [-0.3, -0.25) is 14.9 Å². The molecule has 114 valence electrons. The maximum atomic E-state index is 12.6. The monoisotopic (exact) mass is 306 g/mol. The van der Waals surface area contributed by atoms with Crippen molar-refractivity contribution in [1.82, 2.24) is 14.8 Å². The number of aromatic amines is 1. The molecule has 0 unspecified atom stereocenters. The lowest BCUT2D eigenvalue weighted by atomic mass is 10.1. The van der Waals surface area contributed by atoms with Gasteiger partial charge in [0.1, 0.15) is 5.75 Å². The number of nitrogens with one attached hydrogen (secondary N) is 1. The predicted molar refractivity (Wildman–Crippen MR) is 90.2 cm³/mol. The molecule has 4 rings (SSSR count). The Morgan fingerprint density at radius 3 is 2.65 bits per heavy atom. The van der Waals surface area contributed by atoms with Crippen LogP contribution in [0.4, 0.5) is 5.69 Å². The molecular weight excluding hydrogens is 292 g/mol. The molecular formula is C17H14N4O2. The number of ether oxygens (including phenoxy) is 1. The highest BCUT2D eigenvalue weighted by atomic mass is 16.5. The van der Waals surface area contributed by atoms with E-state index in [1.165, 1.54) is 4.68 Å². The van der Waals surface area contributed by atoms with Crippen LogP contribution < -0.4 is 16.0 Å². The summed E-state index contributed by atoms with van der Waals surface area (Å²) in [5.41, 5.74) is 8.52. The van der Waals surface area contributed by atoms with Gasteiger partial charge < -0.3 is 10.5 Å². The molecule has 4 aromatic rings. The topological polar surface area (TPSA) is 85.9 Å². The zero-order valence-corrected chi connectivity index (χ0v) is 12.4. The summed E-state index contributed by atoms with van der Waals surface area (Å²) >= 11 is 0. The van der Waals surface area contributed by atoms with Gasteiger partial charge in [0.05, 0.1) is 29.2 Å². The van der Waals surface area contributed by atoms with Crippen molar-refractivity contribution < 1.29 is 4.74 Å². The van der Waals surface area contributed by atoms with Crippen molar-refractivity contribution in [3.63, 3.8) is 0 Å². The Kier molecular flexibility index (Phi) is 2.84. The first-order valence-corrected chi connectivity index (χ1v) is 7.11. The van der Waals surface area contributed by atoms with Crippen LogP contribution in [-0.4, -0.2) is 21.9 Å². The van der Waals surface area contributed by atoms with E-state index in [9.17, 15) is 4.79 Å². The van der Waals surface area contributed by atoms with Crippen LogP contribution in [0.5, 0.6) is 5.75 Å². The third-order valence-electron chi connectivity index (χ3n) is 3.88. The van der Waals surface area contributed by atoms with Gasteiger partial charge in [-0.15, -0.1) is 0 Å². The number of rotatable bonds is 2. The summed E-state index contributed by atoms with van der Waals surface area (Å²) in [6.45, 7) is 0. The van der Waals surface area contributed by atoms with Gasteiger partial charge >= 0.3 is 0 Å². The van der Waals surface area contributed by atoms with Crippen molar-refractivity contribution in [1.29, 1.82) is 0 Å². The third kappa shape index (κ3) is 2.03. The molecule has 0 aliphatic heterocycles. The highest BCUT2D eigenvalue weighted by molar-refractivity contribution is 6.03. The van der Waals surface area contributed by atoms with E-state index >= 15 is 0 Å². The molecule has 23 heavy (non-hydrogen) atoms. The average Bonchev–Trinajstić information content (AvgIpc) is 2.92. The normalized spacial score (nSPS) is 11.2. The third-order valence-corrected chi connectivity index (χ3v) is 3.88. The second-order valence-corrected chi connectivity index (χ2v) is 5.27. The van der Waals surface area contributed by atoms with Crippen molar-refractivity contribution >= 4 is 27.5 Å². The van der Waals surface area contributed by atoms with Gasteiger partial charge in [-0.1, -0.05) is 0 Å². The van der Waals surface area contributed by atoms with Crippen LogP contribution in [0.2, 0.25) is 0 Å². The van der Waals surface area contributed by atoms with Gasteiger partial charge in [0.2, 0.25) is 0 Å². The second kappa shape index (κ2) is 4.88. The van der Waals surface area contributed by atoms with Crippen LogP contribution >= 0.6 is 0 Å². The number of fused-ring (bicyclic) bond motifs is 3. The summed E-state index contributed by atoms with van der Waals surface area (Å²) in [5, 5.41) is 4.56. The molecule has 0 fully saturated rings. The largest absolute Gasteiger partial charge is 0.497 e. The second-order valence-electron chi connectivity index (χ2n) is 5.27. The quantitative estimate of drug-likeness (QED) is 0.557. The van der Waals surface area contributed by atoms with Gasteiger partial charge in [-0.05, 0) is 42.5 Å². The van der Waals surface area contributed by atoms with Crippen molar-refractivity contribution in [3.8, 4) is 11.4 Å². The molecule has 0 spiro atoms. The van der Waals surface area contributed by atoms with E-state index < -0.39 is 0 Å². The number of anilines is 1. The zero-order chi connectivity index (χ0) is 16.0. The van der Waals surface area contributed by atoms with Crippen LogP contribution in [-0.2, 0) is 0 Å². The number of aromatic nitrogens is 3. The SMILES string of the molecule is COc1ccc(-n2[nH]c3c(cnc4cc(N)ccc43)c2=O)cc1. The summed E-state index contributed by atoms with van der Waals surface area (Å²) < 4.78 is 6.65. The predicted octanol–water partition coefficient (Wildman–Crippen LogP) is 2.46. The molecule has 0 saturated heterocycles. The first kappa shape index (κ1) is 13.4. The number of hydrogen-bond donors (Lipinski definition) is 2. The fraction of sp³-hybridized carbons (Fsp3) is 0.0588. The van der Waals surface area contributed by atoms with E-state index in [1.54, 1.807) is 25.4 Å². The number of methoxy groups -OCH3 is 1. The van der Waals surface area contributed by atoms with E-state index in [-0.39, 0.29) is 5.56 Å². The number of benzene rings is 2. The molecule has 2 aromatic heterocycles. The minimum Gasteiger partial charge on any atom is -0.497 e. The first-order valence-electron chi connectivity index (χ1n) is 7.11. The number of H-pyrrole nitrogens is 1. The summed E-state index contributed by atoms with van der Waals surface area (Å²) in [4.78, 5) is 17.0.